The average molecular weight is 352 g/mol. The maximum absolute atomic E-state index is 12.2. The second-order valence-electron chi connectivity index (χ2n) is 5.73. The first-order valence-electron chi connectivity index (χ1n) is 8.02. The highest BCUT2D eigenvalue weighted by atomic mass is 16.5. The number of hydrogen-bond acceptors (Lipinski definition) is 5. The van der Waals surface area contributed by atoms with Gasteiger partial charge in [0.25, 0.3) is 0 Å². The van der Waals surface area contributed by atoms with Crippen LogP contribution >= 0.6 is 0 Å². The molecule has 0 atom stereocenters. The van der Waals surface area contributed by atoms with Crippen molar-refractivity contribution in [3.8, 4) is 11.5 Å². The van der Waals surface area contributed by atoms with Crippen LogP contribution in [0, 0.1) is 6.92 Å². The largest absolute Gasteiger partial charge is 0.497 e. The van der Waals surface area contributed by atoms with Crippen molar-refractivity contribution in [1.29, 1.82) is 0 Å². The molecule has 0 aliphatic heterocycles. The maximum Gasteiger partial charge on any atom is 0.248 e. The van der Waals surface area contributed by atoms with Crippen molar-refractivity contribution in [2.45, 2.75) is 6.92 Å². The first-order chi connectivity index (χ1) is 12.5. The number of aryl methyl sites for hydroxylation is 2. The van der Waals surface area contributed by atoms with E-state index in [0.717, 1.165) is 22.3 Å². The Morgan fingerprint density at radius 1 is 1.23 bits per heavy atom. The van der Waals surface area contributed by atoms with Crippen LogP contribution in [0.15, 0.2) is 36.5 Å². The summed E-state index contributed by atoms with van der Waals surface area (Å²) in [6.45, 7) is 1.91. The molecule has 0 saturated heterocycles. The van der Waals surface area contributed by atoms with Crippen LogP contribution < -0.4 is 14.8 Å². The number of nitrogens with zero attached hydrogens (tertiary/aromatic N) is 3. The Bertz CT molecular complexity index is 992. The molecule has 0 saturated carbocycles. The molecule has 134 valence electrons. The minimum atomic E-state index is -0.259. The molecule has 0 aliphatic rings. The fraction of sp³-hybridized carbons (Fsp3) is 0.211. The number of ether oxygens (including phenoxy) is 2. The second-order valence-corrected chi connectivity index (χ2v) is 5.73. The van der Waals surface area contributed by atoms with Crippen molar-refractivity contribution in [2.24, 2.45) is 7.05 Å². The summed E-state index contributed by atoms with van der Waals surface area (Å²) in [6, 6.07) is 7.27. The highest BCUT2D eigenvalue weighted by Crippen LogP contribution is 2.25. The Morgan fingerprint density at radius 2 is 2.04 bits per heavy atom. The lowest BCUT2D eigenvalue weighted by atomic mass is 10.1. The predicted molar refractivity (Wildman–Crippen MR) is 100 cm³/mol. The normalized spacial score (nSPS) is 11.1. The zero-order valence-electron chi connectivity index (χ0n) is 15.1. The number of rotatable bonds is 5. The van der Waals surface area contributed by atoms with Gasteiger partial charge in [0.15, 0.2) is 5.65 Å². The molecule has 7 nitrogen and oxygen atoms in total. The molecule has 0 bridgehead atoms. The summed E-state index contributed by atoms with van der Waals surface area (Å²) >= 11 is 0. The third-order valence-corrected chi connectivity index (χ3v) is 3.99. The van der Waals surface area contributed by atoms with Crippen molar-refractivity contribution < 1.29 is 14.3 Å². The third-order valence-electron chi connectivity index (χ3n) is 3.99. The molecule has 2 aromatic heterocycles. The van der Waals surface area contributed by atoms with Crippen LogP contribution in [-0.2, 0) is 11.8 Å². The molecule has 0 spiro atoms. The average Bonchev–Trinajstić information content (AvgIpc) is 2.93. The fourth-order valence-electron chi connectivity index (χ4n) is 2.68. The van der Waals surface area contributed by atoms with E-state index in [0.29, 0.717) is 17.2 Å². The zero-order valence-corrected chi connectivity index (χ0v) is 15.1. The summed E-state index contributed by atoms with van der Waals surface area (Å²) in [5.74, 6) is 1.06. The molecule has 1 N–H and O–H groups in total. The van der Waals surface area contributed by atoms with Crippen molar-refractivity contribution in [3.05, 3.63) is 47.8 Å². The van der Waals surface area contributed by atoms with Gasteiger partial charge in [0.1, 0.15) is 11.5 Å². The van der Waals surface area contributed by atoms with Crippen molar-refractivity contribution in [2.75, 3.05) is 19.5 Å². The molecule has 1 amide bonds. The minimum Gasteiger partial charge on any atom is -0.497 e. The third kappa shape index (κ3) is 3.51. The number of nitrogens with one attached hydrogen (secondary N) is 1. The Kier molecular flexibility index (Phi) is 4.88. The SMILES string of the molecule is COc1ccc(/C=C/C(=O)Nc2cnc3c(c2)c(C)nn3C)c(OC)c1. The molecule has 1 aromatic carbocycles. The number of aromatic nitrogens is 3. The van der Waals surface area contributed by atoms with Crippen LogP contribution in [-0.4, -0.2) is 34.9 Å². The second kappa shape index (κ2) is 7.26. The predicted octanol–water partition coefficient (Wildman–Crippen LogP) is 2.95. The molecule has 0 fully saturated rings. The van der Waals surface area contributed by atoms with Gasteiger partial charge in [-0.05, 0) is 31.2 Å². The molecule has 7 heteroatoms. The van der Waals surface area contributed by atoms with Gasteiger partial charge in [-0.3, -0.25) is 9.48 Å². The quantitative estimate of drug-likeness (QED) is 0.714. The lowest BCUT2D eigenvalue weighted by Gasteiger charge is -2.07. The first kappa shape index (κ1) is 17.5. The van der Waals surface area contributed by atoms with Crippen molar-refractivity contribution >= 4 is 28.7 Å². The maximum atomic E-state index is 12.2. The summed E-state index contributed by atoms with van der Waals surface area (Å²) < 4.78 is 12.2. The van der Waals surface area contributed by atoms with E-state index in [9.17, 15) is 4.79 Å². The molecule has 3 aromatic rings. The number of hydrogen-bond donors (Lipinski definition) is 1. The van der Waals surface area contributed by atoms with Crippen LogP contribution in [0.3, 0.4) is 0 Å². The van der Waals surface area contributed by atoms with Crippen LogP contribution in [0.1, 0.15) is 11.3 Å². The Labute approximate surface area is 151 Å². The van der Waals surface area contributed by atoms with Gasteiger partial charge in [-0.1, -0.05) is 0 Å². The van der Waals surface area contributed by atoms with Gasteiger partial charge < -0.3 is 14.8 Å². The van der Waals surface area contributed by atoms with Crippen LogP contribution in [0.4, 0.5) is 5.69 Å². The number of amides is 1. The van der Waals surface area contributed by atoms with Crippen LogP contribution in [0.25, 0.3) is 17.1 Å². The topological polar surface area (TPSA) is 78.3 Å². The molecular formula is C19H20N4O3. The van der Waals surface area contributed by atoms with E-state index in [1.54, 1.807) is 37.2 Å². The summed E-state index contributed by atoms with van der Waals surface area (Å²) in [4.78, 5) is 16.6. The summed E-state index contributed by atoms with van der Waals surface area (Å²) in [6.07, 6.45) is 4.75. The molecular weight excluding hydrogens is 332 g/mol. The van der Waals surface area contributed by atoms with E-state index in [-0.39, 0.29) is 5.91 Å². The van der Waals surface area contributed by atoms with Crippen LogP contribution in [0.5, 0.6) is 11.5 Å². The molecule has 0 aliphatic carbocycles. The van der Waals surface area contributed by atoms with Gasteiger partial charge in [0.2, 0.25) is 5.91 Å². The fourth-order valence-corrected chi connectivity index (χ4v) is 2.68. The van der Waals surface area contributed by atoms with Gasteiger partial charge in [0, 0.05) is 30.1 Å². The number of anilines is 1. The van der Waals surface area contributed by atoms with E-state index in [1.807, 2.05) is 32.2 Å². The van der Waals surface area contributed by atoms with E-state index >= 15 is 0 Å². The smallest absolute Gasteiger partial charge is 0.248 e. The number of methoxy groups -OCH3 is 2. The summed E-state index contributed by atoms with van der Waals surface area (Å²) in [5, 5.41) is 8.04. The zero-order chi connectivity index (χ0) is 18.7. The summed E-state index contributed by atoms with van der Waals surface area (Å²) in [7, 11) is 5.00. The highest BCUT2D eigenvalue weighted by molar-refractivity contribution is 6.02. The van der Waals surface area contributed by atoms with Gasteiger partial charge in [-0.25, -0.2) is 4.98 Å². The number of fused-ring (bicyclic) bond motifs is 1. The lowest BCUT2D eigenvalue weighted by Crippen LogP contribution is -2.08. The Hall–Kier alpha value is -3.35. The van der Waals surface area contributed by atoms with E-state index in [2.05, 4.69) is 15.4 Å². The Balaban J connectivity index is 1.76. The molecule has 2 heterocycles. The highest BCUT2D eigenvalue weighted by Gasteiger charge is 2.08. The summed E-state index contributed by atoms with van der Waals surface area (Å²) in [5.41, 5.74) is 3.04. The van der Waals surface area contributed by atoms with E-state index in [4.69, 9.17) is 9.47 Å². The van der Waals surface area contributed by atoms with Crippen molar-refractivity contribution in [1.82, 2.24) is 14.8 Å². The minimum absolute atomic E-state index is 0.259. The van der Waals surface area contributed by atoms with Crippen molar-refractivity contribution in [3.63, 3.8) is 0 Å². The van der Waals surface area contributed by atoms with E-state index < -0.39 is 0 Å². The Morgan fingerprint density at radius 3 is 2.77 bits per heavy atom. The monoisotopic (exact) mass is 352 g/mol. The number of benzene rings is 1. The van der Waals surface area contributed by atoms with Gasteiger partial charge in [0.05, 0.1) is 31.8 Å². The lowest BCUT2D eigenvalue weighted by molar-refractivity contribution is -0.111. The molecule has 3 rings (SSSR count). The molecule has 0 radical (unpaired) electrons. The van der Waals surface area contributed by atoms with E-state index in [1.165, 1.54) is 6.08 Å². The van der Waals surface area contributed by atoms with Crippen LogP contribution in [0.2, 0.25) is 0 Å². The van der Waals surface area contributed by atoms with Gasteiger partial charge in [-0.15, -0.1) is 0 Å². The first-order valence-corrected chi connectivity index (χ1v) is 8.02. The van der Waals surface area contributed by atoms with Gasteiger partial charge >= 0.3 is 0 Å². The number of carbonyl (C=O) groups excluding carboxylic acids is 1. The number of pyridine rings is 1. The molecule has 0 unspecified atom stereocenters. The number of carbonyl (C=O) groups is 1. The molecule has 26 heavy (non-hydrogen) atoms. The standard InChI is InChI=1S/C19H20N4O3/c1-12-16-9-14(11-20-19(16)23(2)22-12)21-18(24)8-6-13-5-7-15(25-3)10-17(13)26-4/h5-11H,1-4H3,(H,21,24)/b8-6+. The van der Waals surface area contributed by atoms with Gasteiger partial charge in [-0.2, -0.15) is 5.10 Å².